The monoisotopic (exact) mass is 485 g/mol. The van der Waals surface area contributed by atoms with Crippen LogP contribution in [0.5, 0.6) is 5.75 Å². The predicted molar refractivity (Wildman–Crippen MR) is 128 cm³/mol. The van der Waals surface area contributed by atoms with Crippen LogP contribution in [0.25, 0.3) is 0 Å². The number of benzene rings is 1. The highest BCUT2D eigenvalue weighted by Crippen LogP contribution is 2.34. The molecular weight excluding hydrogens is 458 g/mol. The third-order valence-corrected chi connectivity index (χ3v) is 6.14. The molecule has 2 aromatic heterocycles. The summed E-state index contributed by atoms with van der Waals surface area (Å²) in [7, 11) is 1.25. The summed E-state index contributed by atoms with van der Waals surface area (Å²) in [5.41, 5.74) is 2.72. The van der Waals surface area contributed by atoms with E-state index in [9.17, 15) is 14.4 Å². The molecule has 2 heterocycles. The first-order valence-corrected chi connectivity index (χ1v) is 11.5. The lowest BCUT2D eigenvalue weighted by Crippen LogP contribution is -2.16. The normalized spacial score (nSPS) is 10.6. The average molecular weight is 486 g/mol. The van der Waals surface area contributed by atoms with E-state index >= 15 is 0 Å². The summed E-state index contributed by atoms with van der Waals surface area (Å²) in [5.74, 6) is -1.01. The Hall–Kier alpha value is -3.66. The minimum absolute atomic E-state index is 0.122. The van der Waals surface area contributed by atoms with E-state index in [2.05, 4.69) is 10.4 Å². The molecule has 0 fully saturated rings. The van der Waals surface area contributed by atoms with Gasteiger partial charge in [0, 0.05) is 6.20 Å². The second-order valence-electron chi connectivity index (χ2n) is 7.62. The Bertz CT molecular complexity index is 1210. The molecule has 10 heteroatoms. The minimum Gasteiger partial charge on any atom is -0.471 e. The minimum atomic E-state index is -0.617. The van der Waals surface area contributed by atoms with Crippen LogP contribution in [-0.2, 0) is 16.2 Å². The number of carbonyl (C=O) groups excluding carboxylic acids is 3. The molecule has 9 nitrogen and oxygen atoms in total. The van der Waals surface area contributed by atoms with Gasteiger partial charge in [0.15, 0.2) is 12.4 Å². The number of hydrogen-bond donors (Lipinski definition) is 1. The van der Waals surface area contributed by atoms with Crippen LogP contribution < -0.4 is 10.1 Å². The number of methoxy groups -OCH3 is 1. The lowest BCUT2D eigenvalue weighted by Gasteiger charge is -2.10. The second-order valence-corrected chi connectivity index (χ2v) is 8.65. The van der Waals surface area contributed by atoms with Crippen LogP contribution in [0.1, 0.15) is 60.6 Å². The molecule has 0 bridgehead atoms. The molecule has 3 rings (SSSR count). The van der Waals surface area contributed by atoms with Gasteiger partial charge >= 0.3 is 11.9 Å². The molecular formula is C24H27N3O6S. The Morgan fingerprint density at radius 1 is 1.12 bits per heavy atom. The Morgan fingerprint density at radius 3 is 2.59 bits per heavy atom. The Balaban J connectivity index is 1.77. The van der Waals surface area contributed by atoms with Crippen molar-refractivity contribution in [3.63, 3.8) is 0 Å². The number of hydrogen-bond acceptors (Lipinski definition) is 8. The van der Waals surface area contributed by atoms with Gasteiger partial charge in [-0.3, -0.25) is 4.79 Å². The number of esters is 2. The van der Waals surface area contributed by atoms with Gasteiger partial charge in [-0.05, 0) is 56.0 Å². The number of anilines is 1. The van der Waals surface area contributed by atoms with E-state index in [0.29, 0.717) is 12.0 Å². The number of nitrogens with one attached hydrogen (secondary N) is 1. The SMILES string of the molecule is CCCOC(=O)c1c(NC(=O)c2ccn(COc3cc(C)ccc3C)n2)sc(C(=O)OC)c1C. The molecule has 0 aliphatic heterocycles. The predicted octanol–water partition coefficient (Wildman–Crippen LogP) is 4.51. The fourth-order valence-electron chi connectivity index (χ4n) is 3.12. The van der Waals surface area contributed by atoms with Crippen molar-refractivity contribution in [2.75, 3.05) is 19.0 Å². The topological polar surface area (TPSA) is 109 Å². The number of aryl methyl sites for hydroxylation is 2. The van der Waals surface area contributed by atoms with E-state index in [4.69, 9.17) is 14.2 Å². The summed E-state index contributed by atoms with van der Waals surface area (Å²) < 4.78 is 17.3. The highest BCUT2D eigenvalue weighted by atomic mass is 32.1. The molecule has 0 saturated carbocycles. The molecule has 180 valence electrons. The smallest absolute Gasteiger partial charge is 0.348 e. The van der Waals surface area contributed by atoms with Crippen LogP contribution in [0.4, 0.5) is 5.00 Å². The molecule has 1 N–H and O–H groups in total. The van der Waals surface area contributed by atoms with Crippen molar-refractivity contribution in [2.45, 2.75) is 40.8 Å². The number of carbonyl (C=O) groups is 3. The molecule has 1 aromatic carbocycles. The lowest BCUT2D eigenvalue weighted by atomic mass is 10.1. The summed E-state index contributed by atoms with van der Waals surface area (Å²) in [4.78, 5) is 37.8. The van der Waals surface area contributed by atoms with Crippen LogP contribution in [0.3, 0.4) is 0 Å². The number of rotatable bonds is 9. The Labute approximate surface area is 201 Å². The van der Waals surface area contributed by atoms with Gasteiger partial charge in [0.05, 0.1) is 19.3 Å². The lowest BCUT2D eigenvalue weighted by molar-refractivity contribution is 0.0506. The first kappa shape index (κ1) is 25.0. The zero-order chi connectivity index (χ0) is 24.8. The highest BCUT2D eigenvalue weighted by Gasteiger charge is 2.27. The third-order valence-electron chi connectivity index (χ3n) is 4.96. The summed E-state index contributed by atoms with van der Waals surface area (Å²) in [6, 6.07) is 7.45. The molecule has 34 heavy (non-hydrogen) atoms. The van der Waals surface area contributed by atoms with Crippen molar-refractivity contribution < 1.29 is 28.6 Å². The maximum Gasteiger partial charge on any atom is 0.348 e. The molecule has 0 atom stereocenters. The van der Waals surface area contributed by atoms with Gasteiger partial charge in [0.2, 0.25) is 0 Å². The fraction of sp³-hybridized carbons (Fsp3) is 0.333. The molecule has 0 aliphatic rings. The van der Waals surface area contributed by atoms with E-state index in [0.717, 1.165) is 28.2 Å². The standard InChI is InChI=1S/C24H27N3O6S/c1-6-11-32-23(29)19-16(4)20(24(30)31-5)34-22(19)25-21(28)17-9-10-27(26-17)13-33-18-12-14(2)7-8-15(18)3/h7-10,12H,6,11,13H2,1-5H3,(H,25,28). The van der Waals surface area contributed by atoms with Gasteiger partial charge < -0.3 is 19.5 Å². The first-order valence-electron chi connectivity index (χ1n) is 10.7. The van der Waals surface area contributed by atoms with Crippen LogP contribution in [0.2, 0.25) is 0 Å². The fourth-order valence-corrected chi connectivity index (χ4v) is 4.23. The summed E-state index contributed by atoms with van der Waals surface area (Å²) >= 11 is 0.954. The van der Waals surface area contributed by atoms with Crippen molar-refractivity contribution in [1.82, 2.24) is 9.78 Å². The van der Waals surface area contributed by atoms with Gasteiger partial charge in [0.1, 0.15) is 15.6 Å². The highest BCUT2D eigenvalue weighted by molar-refractivity contribution is 7.18. The average Bonchev–Trinajstić information content (AvgIpc) is 3.42. The molecule has 0 saturated heterocycles. The molecule has 1 amide bonds. The number of ether oxygens (including phenoxy) is 3. The molecule has 0 unspecified atom stereocenters. The number of nitrogens with zero attached hydrogens (tertiary/aromatic N) is 2. The van der Waals surface area contributed by atoms with Gasteiger partial charge in [0.25, 0.3) is 5.91 Å². The van der Waals surface area contributed by atoms with E-state index in [-0.39, 0.29) is 34.5 Å². The zero-order valence-electron chi connectivity index (χ0n) is 19.8. The van der Waals surface area contributed by atoms with Crippen molar-refractivity contribution in [1.29, 1.82) is 0 Å². The number of aromatic nitrogens is 2. The second kappa shape index (κ2) is 11.0. The van der Waals surface area contributed by atoms with Gasteiger partial charge in [-0.2, -0.15) is 5.10 Å². The quantitative estimate of drug-likeness (QED) is 0.444. The number of thiophene rings is 1. The maximum atomic E-state index is 12.9. The molecule has 0 spiro atoms. The molecule has 0 radical (unpaired) electrons. The van der Waals surface area contributed by atoms with Crippen molar-refractivity contribution in [3.8, 4) is 5.75 Å². The largest absolute Gasteiger partial charge is 0.471 e. The molecule has 0 aliphatic carbocycles. The van der Waals surface area contributed by atoms with E-state index in [1.807, 2.05) is 39.0 Å². The summed E-state index contributed by atoms with van der Waals surface area (Å²) in [6.45, 7) is 7.76. The number of amides is 1. The van der Waals surface area contributed by atoms with Crippen LogP contribution >= 0.6 is 11.3 Å². The first-order chi connectivity index (χ1) is 16.2. The molecule has 3 aromatic rings. The van der Waals surface area contributed by atoms with E-state index in [1.54, 1.807) is 19.2 Å². The summed E-state index contributed by atoms with van der Waals surface area (Å²) in [5, 5.41) is 7.14. The van der Waals surface area contributed by atoms with Gasteiger partial charge in [-0.1, -0.05) is 19.1 Å². The van der Waals surface area contributed by atoms with Crippen LogP contribution in [0, 0.1) is 20.8 Å². The third kappa shape index (κ3) is 5.63. The van der Waals surface area contributed by atoms with E-state index in [1.165, 1.54) is 11.8 Å². The zero-order valence-corrected chi connectivity index (χ0v) is 20.6. The van der Waals surface area contributed by atoms with Crippen molar-refractivity contribution in [2.24, 2.45) is 0 Å². The van der Waals surface area contributed by atoms with Crippen molar-refractivity contribution >= 4 is 34.2 Å². The van der Waals surface area contributed by atoms with Crippen molar-refractivity contribution in [3.05, 3.63) is 63.3 Å². The van der Waals surface area contributed by atoms with E-state index < -0.39 is 17.8 Å². The Kier molecular flexibility index (Phi) is 8.06. The Morgan fingerprint density at radius 2 is 1.88 bits per heavy atom. The van der Waals surface area contributed by atoms with Crippen LogP contribution in [0.15, 0.2) is 30.5 Å². The van der Waals surface area contributed by atoms with Crippen LogP contribution in [-0.4, -0.2) is 41.3 Å². The summed E-state index contributed by atoms with van der Waals surface area (Å²) in [6.07, 6.45) is 2.26. The van der Waals surface area contributed by atoms with Gasteiger partial charge in [-0.15, -0.1) is 11.3 Å². The maximum absolute atomic E-state index is 12.9. The van der Waals surface area contributed by atoms with Gasteiger partial charge in [-0.25, -0.2) is 14.3 Å².